The Bertz CT molecular complexity index is 565. The van der Waals surface area contributed by atoms with E-state index in [4.69, 9.17) is 17.3 Å². The molecular weight excluding hydrogens is 242 g/mol. The standard InChI is InChI=1S/C11H12ClN3O2/c1-17-10(16)4-5-15-9-3-2-7(12)6-8(9)14-11(15)13/h2-3,6H,4-5H2,1H3,(H2,13,14). The summed E-state index contributed by atoms with van der Waals surface area (Å²) in [6.45, 7) is 0.441. The molecule has 0 radical (unpaired) electrons. The molecule has 2 N–H and O–H groups in total. The van der Waals surface area contributed by atoms with Crippen molar-refractivity contribution in [2.75, 3.05) is 12.8 Å². The number of hydrogen-bond donors (Lipinski definition) is 1. The van der Waals surface area contributed by atoms with Crippen LogP contribution in [0.5, 0.6) is 0 Å². The van der Waals surface area contributed by atoms with Gasteiger partial charge < -0.3 is 15.0 Å². The van der Waals surface area contributed by atoms with Gasteiger partial charge in [0.15, 0.2) is 0 Å². The lowest BCUT2D eigenvalue weighted by Gasteiger charge is -2.05. The van der Waals surface area contributed by atoms with Crippen molar-refractivity contribution in [2.45, 2.75) is 13.0 Å². The number of halogens is 1. The Morgan fingerprint density at radius 1 is 1.59 bits per heavy atom. The topological polar surface area (TPSA) is 70.1 Å². The average molecular weight is 254 g/mol. The van der Waals surface area contributed by atoms with Crippen LogP contribution < -0.4 is 5.73 Å². The van der Waals surface area contributed by atoms with E-state index in [1.54, 1.807) is 16.7 Å². The lowest BCUT2D eigenvalue weighted by molar-refractivity contribution is -0.140. The molecule has 0 unspecified atom stereocenters. The molecule has 90 valence electrons. The van der Waals surface area contributed by atoms with Crippen molar-refractivity contribution in [3.8, 4) is 0 Å². The molecule has 0 saturated carbocycles. The predicted molar refractivity (Wildman–Crippen MR) is 65.8 cm³/mol. The Kier molecular flexibility index (Phi) is 3.19. The van der Waals surface area contributed by atoms with Crippen LogP contribution in [0.4, 0.5) is 5.95 Å². The molecule has 0 aliphatic carbocycles. The van der Waals surface area contributed by atoms with Gasteiger partial charge in [0, 0.05) is 11.6 Å². The van der Waals surface area contributed by atoms with Gasteiger partial charge in [0.2, 0.25) is 5.95 Å². The third-order valence-corrected chi connectivity index (χ3v) is 2.74. The van der Waals surface area contributed by atoms with Gasteiger partial charge in [-0.3, -0.25) is 4.79 Å². The van der Waals surface area contributed by atoms with Crippen LogP contribution >= 0.6 is 11.6 Å². The van der Waals surface area contributed by atoms with E-state index >= 15 is 0 Å². The van der Waals surface area contributed by atoms with Gasteiger partial charge in [-0.25, -0.2) is 4.98 Å². The molecule has 6 heteroatoms. The Morgan fingerprint density at radius 3 is 3.06 bits per heavy atom. The summed E-state index contributed by atoms with van der Waals surface area (Å²) in [7, 11) is 1.36. The first kappa shape index (κ1) is 11.7. The maximum absolute atomic E-state index is 11.1. The lowest BCUT2D eigenvalue weighted by atomic mass is 10.3. The molecule has 1 aromatic heterocycles. The van der Waals surface area contributed by atoms with Gasteiger partial charge >= 0.3 is 5.97 Å². The summed E-state index contributed by atoms with van der Waals surface area (Å²) in [6.07, 6.45) is 0.259. The number of carbonyl (C=O) groups is 1. The van der Waals surface area contributed by atoms with Crippen LogP contribution in [0.3, 0.4) is 0 Å². The van der Waals surface area contributed by atoms with Crippen molar-refractivity contribution >= 4 is 34.6 Å². The number of carbonyl (C=O) groups excluding carboxylic acids is 1. The Morgan fingerprint density at radius 2 is 2.35 bits per heavy atom. The smallest absolute Gasteiger partial charge is 0.307 e. The van der Waals surface area contributed by atoms with Gasteiger partial charge in [-0.1, -0.05) is 11.6 Å². The summed E-state index contributed by atoms with van der Waals surface area (Å²) in [5.74, 6) is 0.0892. The highest BCUT2D eigenvalue weighted by Gasteiger charge is 2.10. The number of benzene rings is 1. The highest BCUT2D eigenvalue weighted by molar-refractivity contribution is 6.31. The lowest BCUT2D eigenvalue weighted by Crippen LogP contribution is -2.09. The summed E-state index contributed by atoms with van der Waals surface area (Å²) in [6, 6.07) is 5.33. The van der Waals surface area contributed by atoms with E-state index in [1.807, 2.05) is 6.07 Å². The molecule has 2 aromatic rings. The van der Waals surface area contributed by atoms with E-state index in [0.29, 0.717) is 17.5 Å². The quantitative estimate of drug-likeness (QED) is 0.848. The van der Waals surface area contributed by atoms with Crippen molar-refractivity contribution in [3.05, 3.63) is 23.2 Å². The number of esters is 1. The number of anilines is 1. The van der Waals surface area contributed by atoms with Gasteiger partial charge in [-0.15, -0.1) is 0 Å². The van der Waals surface area contributed by atoms with Crippen molar-refractivity contribution in [1.82, 2.24) is 9.55 Å². The van der Waals surface area contributed by atoms with Crippen LogP contribution in [-0.4, -0.2) is 22.6 Å². The van der Waals surface area contributed by atoms with E-state index in [0.717, 1.165) is 11.0 Å². The van der Waals surface area contributed by atoms with Crippen molar-refractivity contribution in [2.24, 2.45) is 0 Å². The fraction of sp³-hybridized carbons (Fsp3) is 0.273. The van der Waals surface area contributed by atoms with Crippen LogP contribution in [-0.2, 0) is 16.1 Å². The molecule has 0 aliphatic heterocycles. The van der Waals surface area contributed by atoms with Crippen molar-refractivity contribution < 1.29 is 9.53 Å². The van der Waals surface area contributed by atoms with Gasteiger partial charge in [0.1, 0.15) is 0 Å². The highest BCUT2D eigenvalue weighted by Crippen LogP contribution is 2.21. The number of nitrogens with zero attached hydrogens (tertiary/aromatic N) is 2. The second kappa shape index (κ2) is 4.63. The average Bonchev–Trinajstić information content (AvgIpc) is 2.61. The molecule has 0 amide bonds. The normalized spacial score (nSPS) is 10.7. The zero-order valence-corrected chi connectivity index (χ0v) is 10.1. The minimum atomic E-state index is -0.278. The van der Waals surface area contributed by atoms with Crippen LogP contribution in [0.15, 0.2) is 18.2 Å². The molecule has 1 heterocycles. The highest BCUT2D eigenvalue weighted by atomic mass is 35.5. The maximum Gasteiger partial charge on any atom is 0.307 e. The van der Waals surface area contributed by atoms with E-state index in [-0.39, 0.29) is 12.4 Å². The van der Waals surface area contributed by atoms with Crippen LogP contribution in [0, 0.1) is 0 Å². The number of aryl methyl sites for hydroxylation is 1. The zero-order chi connectivity index (χ0) is 12.4. The van der Waals surface area contributed by atoms with Crippen LogP contribution in [0.25, 0.3) is 11.0 Å². The van der Waals surface area contributed by atoms with Gasteiger partial charge in [-0.05, 0) is 18.2 Å². The number of methoxy groups -OCH3 is 1. The molecule has 1 aromatic carbocycles. The first-order valence-electron chi connectivity index (χ1n) is 5.10. The third-order valence-electron chi connectivity index (χ3n) is 2.51. The summed E-state index contributed by atoms with van der Waals surface area (Å²) in [5, 5.41) is 0.607. The first-order valence-corrected chi connectivity index (χ1v) is 5.47. The Labute approximate surface area is 103 Å². The molecule has 0 fully saturated rings. The van der Waals surface area contributed by atoms with Crippen molar-refractivity contribution in [1.29, 1.82) is 0 Å². The fourth-order valence-corrected chi connectivity index (χ4v) is 1.83. The van der Waals surface area contributed by atoms with Gasteiger partial charge in [0.05, 0.1) is 24.6 Å². The number of fused-ring (bicyclic) bond motifs is 1. The molecule has 0 atom stereocenters. The predicted octanol–water partition coefficient (Wildman–Crippen LogP) is 1.83. The van der Waals surface area contributed by atoms with E-state index in [9.17, 15) is 4.79 Å². The Hall–Kier alpha value is -1.75. The van der Waals surface area contributed by atoms with Crippen molar-refractivity contribution in [3.63, 3.8) is 0 Å². The third kappa shape index (κ3) is 2.34. The Balaban J connectivity index is 2.33. The molecule has 0 aliphatic rings. The molecule has 5 nitrogen and oxygen atoms in total. The zero-order valence-electron chi connectivity index (χ0n) is 9.31. The molecule has 2 rings (SSSR count). The summed E-state index contributed by atoms with van der Waals surface area (Å²) in [4.78, 5) is 15.3. The largest absolute Gasteiger partial charge is 0.469 e. The molecular formula is C11H12ClN3O2. The number of nitrogens with two attached hydrogens (primary N) is 1. The van der Waals surface area contributed by atoms with Gasteiger partial charge in [-0.2, -0.15) is 0 Å². The number of hydrogen-bond acceptors (Lipinski definition) is 4. The van der Waals surface area contributed by atoms with Gasteiger partial charge in [0.25, 0.3) is 0 Å². The second-order valence-corrected chi connectivity index (χ2v) is 4.02. The van der Waals surface area contributed by atoms with E-state index in [2.05, 4.69) is 9.72 Å². The monoisotopic (exact) mass is 253 g/mol. The molecule has 17 heavy (non-hydrogen) atoms. The maximum atomic E-state index is 11.1. The number of rotatable bonds is 3. The molecule has 0 bridgehead atoms. The van der Waals surface area contributed by atoms with E-state index < -0.39 is 0 Å². The second-order valence-electron chi connectivity index (χ2n) is 3.58. The first-order chi connectivity index (χ1) is 8.11. The number of nitrogen functional groups attached to an aromatic ring is 1. The molecule has 0 spiro atoms. The van der Waals surface area contributed by atoms with E-state index in [1.165, 1.54) is 7.11 Å². The van der Waals surface area contributed by atoms with Crippen LogP contribution in [0.1, 0.15) is 6.42 Å². The number of ether oxygens (including phenoxy) is 1. The SMILES string of the molecule is COC(=O)CCn1c(N)nc2cc(Cl)ccc21. The molecule has 0 saturated heterocycles. The fourth-order valence-electron chi connectivity index (χ4n) is 1.66. The number of imidazole rings is 1. The summed E-state index contributed by atoms with van der Waals surface area (Å²) in [5.41, 5.74) is 7.37. The minimum Gasteiger partial charge on any atom is -0.469 e. The van der Waals surface area contributed by atoms with Crippen LogP contribution in [0.2, 0.25) is 5.02 Å². The minimum absolute atomic E-state index is 0.259. The number of aromatic nitrogens is 2. The summed E-state index contributed by atoms with van der Waals surface area (Å²) >= 11 is 5.87. The summed E-state index contributed by atoms with van der Waals surface area (Å²) < 4.78 is 6.35.